The number of H-pyrrole nitrogens is 1. The lowest BCUT2D eigenvalue weighted by Gasteiger charge is -2.37. The largest absolute Gasteiger partial charge is 0.341 e. The first kappa shape index (κ1) is 18.5. The average molecular weight is 398 g/mol. The van der Waals surface area contributed by atoms with Crippen molar-refractivity contribution in [3.8, 4) is 17.5 Å². The zero-order chi connectivity index (χ0) is 20.5. The van der Waals surface area contributed by atoms with Gasteiger partial charge in [0.05, 0.1) is 34.7 Å². The number of nitrogens with one attached hydrogen (secondary N) is 1. The molecule has 0 aliphatic carbocycles. The van der Waals surface area contributed by atoms with E-state index >= 15 is 0 Å². The first-order valence-electron chi connectivity index (χ1n) is 10.3. The summed E-state index contributed by atoms with van der Waals surface area (Å²) in [5.74, 6) is 2.09. The molecule has 7 heteroatoms. The molecule has 4 aromatic rings. The van der Waals surface area contributed by atoms with Gasteiger partial charge in [0.25, 0.3) is 0 Å². The molecule has 7 nitrogen and oxygen atoms in total. The van der Waals surface area contributed by atoms with Gasteiger partial charge in [-0.2, -0.15) is 10.2 Å². The molecule has 0 radical (unpaired) electrons. The Bertz CT molecular complexity index is 1190. The van der Waals surface area contributed by atoms with Gasteiger partial charge in [0.15, 0.2) is 0 Å². The van der Waals surface area contributed by atoms with E-state index in [2.05, 4.69) is 33.0 Å². The highest BCUT2D eigenvalue weighted by Crippen LogP contribution is 2.37. The number of nitriles is 1. The Morgan fingerprint density at radius 1 is 1.17 bits per heavy atom. The second-order valence-corrected chi connectivity index (χ2v) is 7.71. The fraction of sp³-hybridized carbons (Fsp3) is 0.304. The summed E-state index contributed by atoms with van der Waals surface area (Å²) in [6.45, 7) is 3.12. The molecule has 2 aromatic heterocycles. The zero-order valence-corrected chi connectivity index (χ0v) is 16.7. The number of imidazole rings is 1. The maximum atomic E-state index is 9.14. The summed E-state index contributed by atoms with van der Waals surface area (Å²) in [4.78, 5) is 15.3. The molecule has 1 aliphatic heterocycles. The lowest BCUT2D eigenvalue weighted by atomic mass is 9.99. The number of para-hydroxylation sites is 2. The van der Waals surface area contributed by atoms with Crippen LogP contribution in [0.25, 0.3) is 22.4 Å². The van der Waals surface area contributed by atoms with Crippen molar-refractivity contribution in [3.05, 3.63) is 65.8 Å². The summed E-state index contributed by atoms with van der Waals surface area (Å²) in [5, 5.41) is 13.3. The number of rotatable bonds is 4. The van der Waals surface area contributed by atoms with Crippen LogP contribution in [0.5, 0.6) is 0 Å². The van der Waals surface area contributed by atoms with Crippen LogP contribution in [0.3, 0.4) is 0 Å². The molecule has 2 aromatic carbocycles. The highest BCUT2D eigenvalue weighted by Gasteiger charge is 2.33. The molecule has 2 unspecified atom stereocenters. The molecule has 1 aliphatic rings. The van der Waals surface area contributed by atoms with Gasteiger partial charge in [0.2, 0.25) is 11.7 Å². The molecule has 0 saturated carbocycles. The fourth-order valence-electron chi connectivity index (χ4n) is 4.23. The Morgan fingerprint density at radius 3 is 2.93 bits per heavy atom. The van der Waals surface area contributed by atoms with Gasteiger partial charge in [-0.1, -0.05) is 35.8 Å². The second kappa shape index (κ2) is 7.73. The Kier molecular flexibility index (Phi) is 4.77. The molecule has 0 amide bonds. The molecule has 30 heavy (non-hydrogen) atoms. The van der Waals surface area contributed by atoms with Gasteiger partial charge in [0, 0.05) is 5.56 Å². The zero-order valence-electron chi connectivity index (χ0n) is 16.7. The van der Waals surface area contributed by atoms with E-state index in [1.54, 1.807) is 12.1 Å². The van der Waals surface area contributed by atoms with Crippen molar-refractivity contribution in [2.75, 3.05) is 6.54 Å². The normalized spacial score (nSPS) is 18.3. The molecule has 150 valence electrons. The predicted octanol–water partition coefficient (Wildman–Crippen LogP) is 4.77. The summed E-state index contributed by atoms with van der Waals surface area (Å²) in [6.07, 6.45) is 3.21. The summed E-state index contributed by atoms with van der Waals surface area (Å²) in [5.41, 5.74) is 3.39. The number of likely N-dealkylation sites (tertiary alicyclic amines) is 1. The first-order valence-corrected chi connectivity index (χ1v) is 10.3. The Morgan fingerprint density at radius 2 is 2.07 bits per heavy atom. The van der Waals surface area contributed by atoms with Crippen LogP contribution < -0.4 is 0 Å². The van der Waals surface area contributed by atoms with Crippen molar-refractivity contribution in [2.45, 2.75) is 38.3 Å². The van der Waals surface area contributed by atoms with Crippen molar-refractivity contribution in [1.29, 1.82) is 5.26 Å². The molecule has 1 fully saturated rings. The van der Waals surface area contributed by atoms with Crippen molar-refractivity contribution in [1.82, 2.24) is 25.0 Å². The van der Waals surface area contributed by atoms with E-state index in [4.69, 9.17) is 14.8 Å². The van der Waals surface area contributed by atoms with Crippen LogP contribution in [-0.4, -0.2) is 31.6 Å². The van der Waals surface area contributed by atoms with Crippen molar-refractivity contribution >= 4 is 11.0 Å². The molecule has 3 heterocycles. The second-order valence-electron chi connectivity index (χ2n) is 7.71. The minimum atomic E-state index is 0.0439. The lowest BCUT2D eigenvalue weighted by molar-refractivity contribution is 0.0764. The predicted molar refractivity (Wildman–Crippen MR) is 112 cm³/mol. The van der Waals surface area contributed by atoms with Gasteiger partial charge in [-0.25, -0.2) is 4.98 Å². The number of hydrogen-bond acceptors (Lipinski definition) is 6. The lowest BCUT2D eigenvalue weighted by Crippen LogP contribution is -2.36. The van der Waals surface area contributed by atoms with E-state index in [0.717, 1.165) is 48.2 Å². The molecule has 5 rings (SSSR count). The Balaban J connectivity index is 1.44. The molecule has 2 atom stereocenters. The topological polar surface area (TPSA) is 94.6 Å². The number of aromatic nitrogens is 4. The molecule has 0 spiro atoms. The van der Waals surface area contributed by atoms with Crippen LogP contribution in [0.2, 0.25) is 0 Å². The number of hydrogen-bond donors (Lipinski definition) is 1. The minimum Gasteiger partial charge on any atom is -0.341 e. The summed E-state index contributed by atoms with van der Waals surface area (Å²) >= 11 is 0. The van der Waals surface area contributed by atoms with E-state index in [1.165, 1.54) is 0 Å². The number of nitrogens with zero attached hydrogens (tertiary/aromatic N) is 5. The standard InChI is InChI=1S/C23H22N6O/c1-15(21-25-18-9-2-3-10-19(18)26-21)29-12-5-4-11-20(29)23-27-22(28-30-23)17-8-6-7-16(13-17)14-24/h2-3,6-10,13,15,20H,4-5,11-12H2,1H3,(H,25,26). The van der Waals surface area contributed by atoms with Gasteiger partial charge in [0.1, 0.15) is 5.82 Å². The number of piperidine rings is 1. The highest BCUT2D eigenvalue weighted by atomic mass is 16.5. The summed E-state index contributed by atoms with van der Waals surface area (Å²) in [6, 6.07) is 17.7. The van der Waals surface area contributed by atoms with E-state index in [0.29, 0.717) is 17.3 Å². The molecular formula is C23H22N6O. The van der Waals surface area contributed by atoms with E-state index in [9.17, 15) is 0 Å². The third kappa shape index (κ3) is 3.36. The van der Waals surface area contributed by atoms with Gasteiger partial charge < -0.3 is 9.51 Å². The van der Waals surface area contributed by atoms with Crippen LogP contribution in [0.15, 0.2) is 53.1 Å². The van der Waals surface area contributed by atoms with Crippen LogP contribution in [0, 0.1) is 11.3 Å². The van der Waals surface area contributed by atoms with Crippen LogP contribution in [-0.2, 0) is 0 Å². The Hall–Kier alpha value is -3.50. The summed E-state index contributed by atoms with van der Waals surface area (Å²) < 4.78 is 5.69. The van der Waals surface area contributed by atoms with Crippen LogP contribution in [0.4, 0.5) is 0 Å². The fourth-order valence-corrected chi connectivity index (χ4v) is 4.23. The van der Waals surface area contributed by atoms with Gasteiger partial charge in [-0.3, -0.25) is 4.90 Å². The summed E-state index contributed by atoms with van der Waals surface area (Å²) in [7, 11) is 0. The molecule has 0 bridgehead atoms. The maximum Gasteiger partial charge on any atom is 0.244 e. The molecule has 1 saturated heterocycles. The number of benzene rings is 2. The molecule has 1 N–H and O–H groups in total. The third-order valence-corrected chi connectivity index (χ3v) is 5.82. The van der Waals surface area contributed by atoms with Gasteiger partial charge in [-0.15, -0.1) is 0 Å². The van der Waals surface area contributed by atoms with E-state index in [1.807, 2.05) is 36.4 Å². The first-order chi connectivity index (χ1) is 14.7. The van der Waals surface area contributed by atoms with Crippen molar-refractivity contribution < 1.29 is 4.52 Å². The Labute approximate surface area is 174 Å². The van der Waals surface area contributed by atoms with Gasteiger partial charge in [-0.05, 0) is 50.6 Å². The SMILES string of the molecule is CC(c1nc2ccccc2[nH]1)N1CCCCC1c1nc(-c2cccc(C#N)c2)no1. The van der Waals surface area contributed by atoms with Crippen molar-refractivity contribution in [3.63, 3.8) is 0 Å². The monoisotopic (exact) mass is 398 g/mol. The number of aromatic amines is 1. The maximum absolute atomic E-state index is 9.14. The van der Waals surface area contributed by atoms with Crippen LogP contribution in [0.1, 0.15) is 55.5 Å². The number of fused-ring (bicyclic) bond motifs is 1. The van der Waals surface area contributed by atoms with Crippen molar-refractivity contribution in [2.24, 2.45) is 0 Å². The van der Waals surface area contributed by atoms with Gasteiger partial charge >= 0.3 is 0 Å². The average Bonchev–Trinajstić information content (AvgIpc) is 3.46. The van der Waals surface area contributed by atoms with E-state index in [-0.39, 0.29) is 12.1 Å². The minimum absolute atomic E-state index is 0.0439. The van der Waals surface area contributed by atoms with Crippen LogP contribution >= 0.6 is 0 Å². The smallest absolute Gasteiger partial charge is 0.244 e. The molecular weight excluding hydrogens is 376 g/mol. The highest BCUT2D eigenvalue weighted by molar-refractivity contribution is 5.74. The third-order valence-electron chi connectivity index (χ3n) is 5.82. The quantitative estimate of drug-likeness (QED) is 0.532. The van der Waals surface area contributed by atoms with E-state index < -0.39 is 0 Å².